The number of rotatable bonds is 3. The fourth-order valence-corrected chi connectivity index (χ4v) is 4.14. The van der Waals surface area contributed by atoms with Gasteiger partial charge >= 0.3 is 0 Å². The van der Waals surface area contributed by atoms with Gasteiger partial charge < -0.3 is 9.47 Å². The molecule has 1 amide bonds. The highest BCUT2D eigenvalue weighted by atomic mass is 16.2. The Labute approximate surface area is 148 Å². The van der Waals surface area contributed by atoms with Gasteiger partial charge in [0.05, 0.1) is 11.7 Å². The molecule has 0 aromatic carbocycles. The third kappa shape index (κ3) is 3.07. The summed E-state index contributed by atoms with van der Waals surface area (Å²) in [6.45, 7) is 6.03. The number of likely N-dealkylation sites (tertiary alicyclic amines) is 1. The lowest BCUT2D eigenvalue weighted by molar-refractivity contribution is -0.133. The van der Waals surface area contributed by atoms with Crippen molar-refractivity contribution in [3.8, 4) is 0 Å². The van der Waals surface area contributed by atoms with E-state index in [9.17, 15) is 4.79 Å². The first-order valence-corrected chi connectivity index (χ1v) is 9.36. The molecule has 0 unspecified atom stereocenters. The Morgan fingerprint density at radius 2 is 2.04 bits per heavy atom. The van der Waals surface area contributed by atoms with Crippen LogP contribution in [0, 0.1) is 13.8 Å². The van der Waals surface area contributed by atoms with E-state index < -0.39 is 0 Å². The van der Waals surface area contributed by atoms with E-state index in [1.807, 2.05) is 24.8 Å². The second kappa shape index (κ2) is 6.61. The maximum atomic E-state index is 12.9. The number of hydrogen-bond acceptors (Lipinski definition) is 4. The van der Waals surface area contributed by atoms with E-state index in [4.69, 9.17) is 0 Å². The van der Waals surface area contributed by atoms with Gasteiger partial charge in [-0.05, 0) is 45.6 Å². The van der Waals surface area contributed by atoms with Crippen LogP contribution in [0.1, 0.15) is 61.2 Å². The summed E-state index contributed by atoms with van der Waals surface area (Å²) >= 11 is 0. The van der Waals surface area contributed by atoms with Crippen molar-refractivity contribution in [1.29, 1.82) is 0 Å². The van der Waals surface area contributed by atoms with Crippen molar-refractivity contribution in [2.75, 3.05) is 6.54 Å². The predicted octanol–water partition coefficient (Wildman–Crippen LogP) is 2.18. The smallest absolute Gasteiger partial charge is 0.244 e. The molecule has 2 aliphatic rings. The van der Waals surface area contributed by atoms with Crippen LogP contribution in [0.15, 0.2) is 6.07 Å². The lowest BCUT2D eigenvalue weighted by atomic mass is 10.2. The maximum absolute atomic E-state index is 12.9. The molecule has 0 saturated carbocycles. The lowest BCUT2D eigenvalue weighted by Gasteiger charge is -2.25. The van der Waals surface area contributed by atoms with E-state index in [-0.39, 0.29) is 11.9 Å². The van der Waals surface area contributed by atoms with Crippen LogP contribution >= 0.6 is 0 Å². The topological polar surface area (TPSA) is 68.8 Å². The molecule has 0 radical (unpaired) electrons. The second-order valence-electron chi connectivity index (χ2n) is 7.27. The van der Waals surface area contributed by atoms with E-state index in [2.05, 4.69) is 19.9 Å². The Morgan fingerprint density at radius 1 is 1.16 bits per heavy atom. The number of hydrogen-bond donors (Lipinski definition) is 0. The zero-order chi connectivity index (χ0) is 17.4. The number of carbonyl (C=O) groups is 1. The quantitative estimate of drug-likeness (QED) is 0.857. The van der Waals surface area contributed by atoms with E-state index in [0.29, 0.717) is 6.54 Å². The SMILES string of the molecule is Cc1cc(C)n(CC(=O)N2CCC[C@@H]2c2nnc3n2CCCCC3)n1. The van der Waals surface area contributed by atoms with Gasteiger partial charge in [0.15, 0.2) is 5.82 Å². The number of aryl methyl sites for hydroxylation is 3. The third-order valence-corrected chi connectivity index (χ3v) is 5.40. The summed E-state index contributed by atoms with van der Waals surface area (Å²) in [4.78, 5) is 14.9. The van der Waals surface area contributed by atoms with Gasteiger partial charge in [-0.15, -0.1) is 10.2 Å². The monoisotopic (exact) mass is 342 g/mol. The van der Waals surface area contributed by atoms with Gasteiger partial charge in [0, 0.05) is 25.2 Å². The van der Waals surface area contributed by atoms with Crippen molar-refractivity contribution < 1.29 is 4.79 Å². The van der Waals surface area contributed by atoms with Crippen molar-refractivity contribution in [2.45, 2.75) is 71.5 Å². The molecule has 25 heavy (non-hydrogen) atoms. The number of nitrogens with zero attached hydrogens (tertiary/aromatic N) is 6. The molecule has 4 heterocycles. The Morgan fingerprint density at radius 3 is 2.84 bits per heavy atom. The fraction of sp³-hybridized carbons (Fsp3) is 0.667. The Hall–Kier alpha value is -2.18. The van der Waals surface area contributed by atoms with Gasteiger partial charge in [-0.2, -0.15) is 5.10 Å². The normalized spacial score (nSPS) is 20.6. The Kier molecular flexibility index (Phi) is 4.31. The molecule has 134 valence electrons. The molecule has 1 fully saturated rings. The molecule has 7 heteroatoms. The molecule has 2 aromatic heterocycles. The van der Waals surface area contributed by atoms with Gasteiger partial charge in [0.1, 0.15) is 12.4 Å². The molecular weight excluding hydrogens is 316 g/mol. The third-order valence-electron chi connectivity index (χ3n) is 5.40. The number of amides is 1. The van der Waals surface area contributed by atoms with Gasteiger partial charge in [0.25, 0.3) is 0 Å². The van der Waals surface area contributed by atoms with Crippen LogP contribution < -0.4 is 0 Å². The molecule has 1 atom stereocenters. The van der Waals surface area contributed by atoms with Gasteiger partial charge in [0.2, 0.25) is 5.91 Å². The van der Waals surface area contributed by atoms with Gasteiger partial charge in [-0.3, -0.25) is 9.48 Å². The summed E-state index contributed by atoms with van der Waals surface area (Å²) in [5.41, 5.74) is 1.98. The summed E-state index contributed by atoms with van der Waals surface area (Å²) in [5, 5.41) is 13.3. The number of fused-ring (bicyclic) bond motifs is 1. The number of aromatic nitrogens is 5. The highest BCUT2D eigenvalue weighted by Crippen LogP contribution is 2.32. The van der Waals surface area contributed by atoms with E-state index in [0.717, 1.165) is 55.4 Å². The van der Waals surface area contributed by atoms with E-state index >= 15 is 0 Å². The first-order valence-electron chi connectivity index (χ1n) is 9.36. The molecule has 4 rings (SSSR count). The molecule has 7 nitrogen and oxygen atoms in total. The van der Waals surface area contributed by atoms with Crippen LogP contribution in [0.3, 0.4) is 0 Å². The molecular formula is C18H26N6O. The summed E-state index contributed by atoms with van der Waals surface area (Å²) in [6, 6.07) is 2.07. The van der Waals surface area contributed by atoms with Crippen LogP contribution in [-0.2, 0) is 24.3 Å². The summed E-state index contributed by atoms with van der Waals surface area (Å²) in [6.07, 6.45) is 6.60. The zero-order valence-electron chi connectivity index (χ0n) is 15.1. The predicted molar refractivity (Wildman–Crippen MR) is 93.0 cm³/mol. The summed E-state index contributed by atoms with van der Waals surface area (Å²) < 4.78 is 4.07. The van der Waals surface area contributed by atoms with Crippen LogP contribution in [-0.4, -0.2) is 41.9 Å². The van der Waals surface area contributed by atoms with E-state index in [1.165, 1.54) is 19.3 Å². The molecule has 0 bridgehead atoms. The first kappa shape index (κ1) is 16.3. The molecule has 2 aromatic rings. The average Bonchev–Trinajstić information content (AvgIpc) is 3.23. The Bertz CT molecular complexity index is 777. The molecule has 0 N–H and O–H groups in total. The first-order chi connectivity index (χ1) is 12.1. The Balaban J connectivity index is 1.55. The maximum Gasteiger partial charge on any atom is 0.244 e. The molecule has 0 spiro atoms. The lowest BCUT2D eigenvalue weighted by Crippen LogP contribution is -2.35. The average molecular weight is 342 g/mol. The van der Waals surface area contributed by atoms with E-state index in [1.54, 1.807) is 4.68 Å². The molecule has 0 aliphatic carbocycles. The standard InChI is InChI=1S/C18H26N6O/c1-13-11-14(2)24(21-13)12-17(25)22-10-6-7-15(22)18-20-19-16-8-4-3-5-9-23(16)18/h11,15H,3-10,12H2,1-2H3/t15-/m1/s1. The van der Waals surface area contributed by atoms with Crippen LogP contribution in [0.5, 0.6) is 0 Å². The van der Waals surface area contributed by atoms with Crippen molar-refractivity contribution in [2.24, 2.45) is 0 Å². The highest BCUT2D eigenvalue weighted by molar-refractivity contribution is 5.76. The van der Waals surface area contributed by atoms with Crippen molar-refractivity contribution in [3.63, 3.8) is 0 Å². The van der Waals surface area contributed by atoms with Crippen LogP contribution in [0.25, 0.3) is 0 Å². The minimum Gasteiger partial charge on any atom is -0.331 e. The summed E-state index contributed by atoms with van der Waals surface area (Å²) in [5.74, 6) is 2.20. The second-order valence-corrected chi connectivity index (χ2v) is 7.27. The van der Waals surface area contributed by atoms with Gasteiger partial charge in [-0.1, -0.05) is 6.42 Å². The molecule has 2 aliphatic heterocycles. The van der Waals surface area contributed by atoms with Crippen molar-refractivity contribution in [1.82, 2.24) is 29.4 Å². The number of carbonyl (C=O) groups excluding carboxylic acids is 1. The van der Waals surface area contributed by atoms with Gasteiger partial charge in [-0.25, -0.2) is 0 Å². The highest BCUT2D eigenvalue weighted by Gasteiger charge is 2.34. The largest absolute Gasteiger partial charge is 0.331 e. The fourth-order valence-electron chi connectivity index (χ4n) is 4.14. The minimum absolute atomic E-state index is 0.0591. The molecule has 1 saturated heterocycles. The van der Waals surface area contributed by atoms with Crippen molar-refractivity contribution >= 4 is 5.91 Å². The van der Waals surface area contributed by atoms with Crippen LogP contribution in [0.4, 0.5) is 0 Å². The van der Waals surface area contributed by atoms with Crippen LogP contribution in [0.2, 0.25) is 0 Å². The van der Waals surface area contributed by atoms with Crippen molar-refractivity contribution in [3.05, 3.63) is 29.1 Å². The zero-order valence-corrected chi connectivity index (χ0v) is 15.1. The minimum atomic E-state index is 0.0591. The summed E-state index contributed by atoms with van der Waals surface area (Å²) in [7, 11) is 0.